The first-order valence-electron chi connectivity index (χ1n) is 12.7. The lowest BCUT2D eigenvalue weighted by atomic mass is 9.79. The van der Waals surface area contributed by atoms with E-state index in [0.717, 1.165) is 0 Å². The lowest BCUT2D eigenvalue weighted by Gasteiger charge is -2.37. The average Bonchev–Trinajstić information content (AvgIpc) is 2.86. The fraction of sp³-hybridized carbons (Fsp3) is 0.517. The second kappa shape index (κ2) is 13.7. The van der Waals surface area contributed by atoms with Crippen LogP contribution in [-0.2, 0) is 42.9 Å². The number of hydrogen-bond donors (Lipinski definition) is 0. The molecule has 1 aromatic carbocycles. The van der Waals surface area contributed by atoms with Crippen LogP contribution in [-0.4, -0.2) is 56.2 Å². The van der Waals surface area contributed by atoms with Crippen LogP contribution < -0.4 is 0 Å². The monoisotopic (exact) mass is 613 g/mol. The largest absolute Gasteiger partial charge is 0.427 e. The quantitative estimate of drug-likeness (QED) is 0.252. The Bertz CT molecular complexity index is 1190. The minimum absolute atomic E-state index is 0.0160. The van der Waals surface area contributed by atoms with E-state index < -0.39 is 54.2 Å². The van der Waals surface area contributed by atoms with Crippen molar-refractivity contribution in [2.75, 3.05) is 27.4 Å². The van der Waals surface area contributed by atoms with Gasteiger partial charge in [-0.05, 0) is 67.0 Å². The van der Waals surface area contributed by atoms with Crippen molar-refractivity contribution in [2.24, 2.45) is 10.8 Å². The van der Waals surface area contributed by atoms with Crippen LogP contribution in [0.4, 0.5) is 0 Å². The van der Waals surface area contributed by atoms with Crippen LogP contribution in [0.3, 0.4) is 0 Å². The van der Waals surface area contributed by atoms with Gasteiger partial charge in [-0.25, -0.2) is 9.59 Å². The molecule has 1 aliphatic rings. The lowest BCUT2D eigenvalue weighted by Crippen LogP contribution is -2.37. The second-order valence-electron chi connectivity index (χ2n) is 11.4. The molecule has 0 saturated heterocycles. The first-order chi connectivity index (χ1) is 18.9. The number of halogens is 2. The van der Waals surface area contributed by atoms with Gasteiger partial charge in [0, 0.05) is 18.5 Å². The van der Waals surface area contributed by atoms with Gasteiger partial charge in [-0.15, -0.1) is 0 Å². The highest BCUT2D eigenvalue weighted by molar-refractivity contribution is 6.42. The van der Waals surface area contributed by atoms with Gasteiger partial charge >= 0.3 is 23.9 Å². The van der Waals surface area contributed by atoms with Gasteiger partial charge in [0.1, 0.15) is 6.73 Å². The molecule has 0 fully saturated rings. The topological polar surface area (TPSA) is 118 Å². The van der Waals surface area contributed by atoms with Crippen molar-refractivity contribution >= 4 is 47.1 Å². The van der Waals surface area contributed by atoms with Gasteiger partial charge in [0.2, 0.25) is 13.6 Å². The predicted octanol–water partition coefficient (Wildman–Crippen LogP) is 5.72. The summed E-state index contributed by atoms with van der Waals surface area (Å²) in [6, 6.07) is 4.80. The van der Waals surface area contributed by atoms with Gasteiger partial charge in [0.25, 0.3) is 0 Å². The number of hydrogen-bond acceptors (Lipinski definition) is 10. The van der Waals surface area contributed by atoms with Crippen molar-refractivity contribution in [1.29, 1.82) is 0 Å². The molecule has 0 aliphatic carbocycles. The van der Waals surface area contributed by atoms with E-state index in [1.54, 1.807) is 78.5 Å². The van der Waals surface area contributed by atoms with E-state index in [9.17, 15) is 19.2 Å². The summed E-state index contributed by atoms with van der Waals surface area (Å²) in [7, 11) is 1.45. The lowest BCUT2D eigenvalue weighted by molar-refractivity contribution is -0.172. The summed E-state index contributed by atoms with van der Waals surface area (Å²) >= 11 is 12.9. The standard InChI is InChI=1S/C29H37Cl2NO9/c1-16-20(24(33)38-14-40-26(35)28(3,4)5)22(18-11-10-12-19(30)23(18)31)21(17(2)32(16)13-37-9)25(34)39-15-41-27(36)29(6,7)8/h10-12,22H,13-15H2,1-9H3. The van der Waals surface area contributed by atoms with Crippen molar-refractivity contribution in [2.45, 2.75) is 61.3 Å². The third-order valence-electron chi connectivity index (χ3n) is 6.14. The van der Waals surface area contributed by atoms with Gasteiger partial charge in [-0.3, -0.25) is 9.59 Å². The fourth-order valence-corrected chi connectivity index (χ4v) is 4.29. The highest BCUT2D eigenvalue weighted by Crippen LogP contribution is 2.46. The summed E-state index contributed by atoms with van der Waals surface area (Å²) < 4.78 is 26.3. The Balaban J connectivity index is 2.58. The van der Waals surface area contributed by atoms with E-state index in [1.807, 2.05) is 0 Å². The van der Waals surface area contributed by atoms with Crippen LogP contribution in [0.15, 0.2) is 40.7 Å². The summed E-state index contributed by atoms with van der Waals surface area (Å²) in [6.45, 7) is 11.9. The Hall–Kier alpha value is -3.08. The minimum atomic E-state index is -1.11. The van der Waals surface area contributed by atoms with Gasteiger partial charge in [-0.1, -0.05) is 35.3 Å². The zero-order valence-corrected chi connectivity index (χ0v) is 26.3. The van der Waals surface area contributed by atoms with E-state index in [4.69, 9.17) is 46.9 Å². The molecule has 0 unspecified atom stereocenters. The highest BCUT2D eigenvalue weighted by Gasteiger charge is 2.42. The minimum Gasteiger partial charge on any atom is -0.427 e. The molecular formula is C29H37Cl2NO9. The first kappa shape index (κ1) is 34.1. The zero-order valence-electron chi connectivity index (χ0n) is 24.8. The number of rotatable bonds is 9. The van der Waals surface area contributed by atoms with Crippen molar-refractivity contribution in [3.05, 3.63) is 56.3 Å². The molecule has 0 atom stereocenters. The van der Waals surface area contributed by atoms with Gasteiger partial charge in [0.15, 0.2) is 0 Å². The molecule has 0 spiro atoms. The van der Waals surface area contributed by atoms with Gasteiger partial charge in [0.05, 0.1) is 37.9 Å². The van der Waals surface area contributed by atoms with E-state index in [1.165, 1.54) is 7.11 Å². The van der Waals surface area contributed by atoms with Crippen LogP contribution in [0.25, 0.3) is 0 Å². The molecule has 0 bridgehead atoms. The molecule has 12 heteroatoms. The number of esters is 4. The first-order valence-corrected chi connectivity index (χ1v) is 13.5. The third-order valence-corrected chi connectivity index (χ3v) is 6.98. The Morgan fingerprint density at radius 2 is 1.22 bits per heavy atom. The summed E-state index contributed by atoms with van der Waals surface area (Å²) in [5.41, 5.74) is -0.476. The molecule has 1 aromatic rings. The van der Waals surface area contributed by atoms with Gasteiger partial charge in [-0.2, -0.15) is 0 Å². The summed E-state index contributed by atoms with van der Waals surface area (Å²) in [5.74, 6) is -3.99. The van der Waals surface area contributed by atoms with Crippen LogP contribution in [0.5, 0.6) is 0 Å². The van der Waals surface area contributed by atoms with Crippen LogP contribution >= 0.6 is 23.2 Å². The maximum atomic E-state index is 13.6. The molecule has 41 heavy (non-hydrogen) atoms. The number of carbonyl (C=O) groups is 4. The summed E-state index contributed by atoms with van der Waals surface area (Å²) in [5, 5.41) is 0.298. The number of ether oxygens (including phenoxy) is 5. The smallest absolute Gasteiger partial charge is 0.339 e. The number of benzene rings is 1. The Labute approximate surface area is 250 Å². The fourth-order valence-electron chi connectivity index (χ4n) is 3.87. The van der Waals surface area contributed by atoms with Crippen molar-refractivity contribution in [3.8, 4) is 0 Å². The Kier molecular flexibility index (Phi) is 11.4. The molecule has 1 aliphatic heterocycles. The molecule has 10 nitrogen and oxygen atoms in total. The third kappa shape index (κ3) is 8.24. The Morgan fingerprint density at radius 1 is 0.780 bits per heavy atom. The molecular weight excluding hydrogens is 577 g/mol. The van der Waals surface area contributed by atoms with Crippen molar-refractivity contribution in [1.82, 2.24) is 4.90 Å². The highest BCUT2D eigenvalue weighted by atomic mass is 35.5. The number of allylic oxidation sites excluding steroid dienone is 2. The molecule has 0 radical (unpaired) electrons. The molecule has 2 rings (SSSR count). The molecule has 0 saturated carbocycles. The maximum Gasteiger partial charge on any atom is 0.339 e. The normalized spacial score (nSPS) is 14.7. The predicted molar refractivity (Wildman–Crippen MR) is 151 cm³/mol. The van der Waals surface area contributed by atoms with E-state index in [-0.39, 0.29) is 27.9 Å². The van der Waals surface area contributed by atoms with Crippen molar-refractivity contribution < 1.29 is 42.9 Å². The average molecular weight is 615 g/mol. The maximum absolute atomic E-state index is 13.6. The molecule has 0 aromatic heterocycles. The molecule has 0 N–H and O–H groups in total. The zero-order chi connectivity index (χ0) is 31.3. The number of methoxy groups -OCH3 is 1. The second-order valence-corrected chi connectivity index (χ2v) is 12.2. The van der Waals surface area contributed by atoms with E-state index in [2.05, 4.69) is 0 Å². The number of nitrogens with zero attached hydrogens (tertiary/aromatic N) is 1. The van der Waals surface area contributed by atoms with Crippen LogP contribution in [0, 0.1) is 10.8 Å². The summed E-state index contributed by atoms with van der Waals surface area (Å²) in [4.78, 5) is 53.2. The molecule has 0 amide bonds. The van der Waals surface area contributed by atoms with Crippen molar-refractivity contribution in [3.63, 3.8) is 0 Å². The van der Waals surface area contributed by atoms with Gasteiger partial charge < -0.3 is 28.6 Å². The Morgan fingerprint density at radius 3 is 1.61 bits per heavy atom. The molecule has 226 valence electrons. The van der Waals surface area contributed by atoms with Crippen LogP contribution in [0.2, 0.25) is 10.0 Å². The van der Waals surface area contributed by atoms with Crippen LogP contribution in [0.1, 0.15) is 66.9 Å². The SMILES string of the molecule is COCN1C(C)=C(C(=O)OCOC(=O)C(C)(C)C)C(c2cccc(Cl)c2Cl)C(C(=O)OCOC(=O)C(C)(C)C)=C1C. The van der Waals surface area contributed by atoms with E-state index in [0.29, 0.717) is 17.0 Å². The molecule has 1 heterocycles. The summed E-state index contributed by atoms with van der Waals surface area (Å²) in [6.07, 6.45) is 0. The number of carbonyl (C=O) groups excluding carboxylic acids is 4. The van der Waals surface area contributed by atoms with E-state index >= 15 is 0 Å².